The summed E-state index contributed by atoms with van der Waals surface area (Å²) < 4.78 is 0. The Labute approximate surface area is 108 Å². The first-order valence-electron chi connectivity index (χ1n) is 6.38. The van der Waals surface area contributed by atoms with Crippen LogP contribution < -0.4 is 5.32 Å². The van der Waals surface area contributed by atoms with Crippen LogP contribution in [0.2, 0.25) is 0 Å². The number of nitrogens with one attached hydrogen (secondary N) is 1. The largest absolute Gasteiger partial charge is 0.310 e. The molecule has 1 aromatic carbocycles. The van der Waals surface area contributed by atoms with Gasteiger partial charge in [0.05, 0.1) is 4.92 Å². The summed E-state index contributed by atoms with van der Waals surface area (Å²) in [7, 11) is 0. The molecule has 0 bridgehead atoms. The van der Waals surface area contributed by atoms with Crippen molar-refractivity contribution in [1.29, 1.82) is 0 Å². The third kappa shape index (κ3) is 2.88. The van der Waals surface area contributed by atoms with Crippen molar-refractivity contribution in [1.82, 2.24) is 5.32 Å². The van der Waals surface area contributed by atoms with Gasteiger partial charge in [-0.15, -0.1) is 0 Å². The van der Waals surface area contributed by atoms with Crippen LogP contribution in [0.25, 0.3) is 0 Å². The van der Waals surface area contributed by atoms with E-state index < -0.39 is 0 Å². The van der Waals surface area contributed by atoms with Crippen molar-refractivity contribution in [3.63, 3.8) is 0 Å². The summed E-state index contributed by atoms with van der Waals surface area (Å²) >= 11 is 0. The number of nitrogens with zero attached hydrogens (tertiary/aromatic N) is 1. The summed E-state index contributed by atoms with van der Waals surface area (Å²) in [6.07, 6.45) is 1.27. The molecule has 18 heavy (non-hydrogen) atoms. The van der Waals surface area contributed by atoms with Crippen molar-refractivity contribution >= 4 is 5.69 Å². The minimum absolute atomic E-state index is 0.154. The number of nitro benzene ring substituents is 1. The molecule has 1 N–H and O–H groups in total. The van der Waals surface area contributed by atoms with Crippen LogP contribution >= 0.6 is 0 Å². The molecule has 0 aromatic heterocycles. The predicted octanol–water partition coefficient (Wildman–Crippen LogP) is 3.29. The SMILES string of the molecule is CC(NCC1CC1(C)C)c1cccc([N+](=O)[O-])c1. The minimum atomic E-state index is -0.347. The summed E-state index contributed by atoms with van der Waals surface area (Å²) in [6, 6.07) is 7.01. The molecule has 2 atom stereocenters. The quantitative estimate of drug-likeness (QED) is 0.642. The van der Waals surface area contributed by atoms with E-state index in [0.717, 1.165) is 18.0 Å². The molecule has 0 saturated heterocycles. The van der Waals surface area contributed by atoms with Crippen molar-refractivity contribution in [3.8, 4) is 0 Å². The Hall–Kier alpha value is -1.42. The Morgan fingerprint density at radius 1 is 1.56 bits per heavy atom. The van der Waals surface area contributed by atoms with Crippen LogP contribution in [0.3, 0.4) is 0 Å². The number of hydrogen-bond acceptors (Lipinski definition) is 3. The molecular formula is C14H20N2O2. The average molecular weight is 248 g/mol. The highest BCUT2D eigenvalue weighted by molar-refractivity contribution is 5.35. The van der Waals surface area contributed by atoms with Gasteiger partial charge in [-0.3, -0.25) is 10.1 Å². The molecule has 98 valence electrons. The van der Waals surface area contributed by atoms with E-state index in [1.165, 1.54) is 12.5 Å². The van der Waals surface area contributed by atoms with Crippen LogP contribution in [-0.4, -0.2) is 11.5 Å². The van der Waals surface area contributed by atoms with Gasteiger partial charge in [0, 0.05) is 18.2 Å². The Morgan fingerprint density at radius 2 is 2.22 bits per heavy atom. The van der Waals surface area contributed by atoms with Crippen LogP contribution in [0.1, 0.15) is 38.8 Å². The lowest BCUT2D eigenvalue weighted by Crippen LogP contribution is -2.22. The van der Waals surface area contributed by atoms with Crippen molar-refractivity contribution in [2.75, 3.05) is 6.54 Å². The monoisotopic (exact) mass is 248 g/mol. The van der Waals surface area contributed by atoms with Gasteiger partial charge in [0.15, 0.2) is 0 Å². The Morgan fingerprint density at radius 3 is 2.78 bits per heavy atom. The van der Waals surface area contributed by atoms with Gasteiger partial charge < -0.3 is 5.32 Å². The first-order valence-corrected chi connectivity index (χ1v) is 6.38. The molecule has 4 nitrogen and oxygen atoms in total. The number of hydrogen-bond donors (Lipinski definition) is 1. The standard InChI is InChI=1S/C14H20N2O2/c1-10(15-9-12-8-14(12,2)3)11-5-4-6-13(7-11)16(17)18/h4-7,10,12,15H,8-9H2,1-3H3. The zero-order valence-corrected chi connectivity index (χ0v) is 11.1. The van der Waals surface area contributed by atoms with Gasteiger partial charge in [-0.2, -0.15) is 0 Å². The maximum absolute atomic E-state index is 10.7. The summed E-state index contributed by atoms with van der Waals surface area (Å²) in [5.41, 5.74) is 1.60. The lowest BCUT2D eigenvalue weighted by molar-refractivity contribution is -0.384. The molecule has 0 heterocycles. The number of non-ortho nitro benzene ring substituents is 1. The van der Waals surface area contributed by atoms with Crippen LogP contribution in [0, 0.1) is 21.4 Å². The summed E-state index contributed by atoms with van der Waals surface area (Å²) in [5.74, 6) is 0.735. The second kappa shape index (κ2) is 4.69. The topological polar surface area (TPSA) is 55.2 Å². The van der Waals surface area contributed by atoms with Crippen LogP contribution in [0.4, 0.5) is 5.69 Å². The van der Waals surface area contributed by atoms with Gasteiger partial charge in [0.25, 0.3) is 5.69 Å². The molecule has 0 radical (unpaired) electrons. The highest BCUT2D eigenvalue weighted by atomic mass is 16.6. The highest BCUT2D eigenvalue weighted by Gasteiger charge is 2.44. The molecule has 1 aliphatic carbocycles. The molecule has 0 aliphatic heterocycles. The summed E-state index contributed by atoms with van der Waals surface area (Å²) in [5, 5.41) is 14.2. The number of rotatable bonds is 5. The van der Waals surface area contributed by atoms with E-state index in [0.29, 0.717) is 5.41 Å². The van der Waals surface area contributed by atoms with E-state index in [2.05, 4.69) is 26.1 Å². The molecule has 2 unspecified atom stereocenters. The molecule has 1 aliphatic rings. The summed E-state index contributed by atoms with van der Waals surface area (Å²) in [6.45, 7) is 7.58. The zero-order valence-electron chi connectivity index (χ0n) is 11.1. The van der Waals surface area contributed by atoms with Crippen LogP contribution in [0.5, 0.6) is 0 Å². The second-order valence-corrected chi connectivity index (χ2v) is 5.87. The number of benzene rings is 1. The minimum Gasteiger partial charge on any atom is -0.310 e. The van der Waals surface area contributed by atoms with Crippen molar-refractivity contribution in [2.24, 2.45) is 11.3 Å². The van der Waals surface area contributed by atoms with Crippen molar-refractivity contribution < 1.29 is 4.92 Å². The second-order valence-electron chi connectivity index (χ2n) is 5.87. The molecule has 0 spiro atoms. The van der Waals surface area contributed by atoms with Gasteiger partial charge >= 0.3 is 0 Å². The first-order chi connectivity index (χ1) is 8.40. The fourth-order valence-electron chi connectivity index (χ4n) is 2.27. The number of nitro groups is 1. The van der Waals surface area contributed by atoms with E-state index in [-0.39, 0.29) is 16.7 Å². The normalized spacial score (nSPS) is 22.5. The van der Waals surface area contributed by atoms with Crippen molar-refractivity contribution in [2.45, 2.75) is 33.2 Å². The fourth-order valence-corrected chi connectivity index (χ4v) is 2.27. The molecule has 1 fully saturated rings. The molecule has 1 aromatic rings. The third-order valence-electron chi connectivity index (χ3n) is 3.97. The zero-order chi connectivity index (χ0) is 13.3. The van der Waals surface area contributed by atoms with Gasteiger partial charge in [0.2, 0.25) is 0 Å². The highest BCUT2D eigenvalue weighted by Crippen LogP contribution is 2.51. The predicted molar refractivity (Wildman–Crippen MR) is 71.4 cm³/mol. The molecule has 4 heteroatoms. The van der Waals surface area contributed by atoms with E-state index >= 15 is 0 Å². The smallest absolute Gasteiger partial charge is 0.269 e. The molecule has 2 rings (SSSR count). The van der Waals surface area contributed by atoms with Crippen molar-refractivity contribution in [3.05, 3.63) is 39.9 Å². The summed E-state index contributed by atoms with van der Waals surface area (Å²) in [4.78, 5) is 10.4. The van der Waals surface area contributed by atoms with E-state index in [1.807, 2.05) is 6.07 Å². The van der Waals surface area contributed by atoms with Crippen LogP contribution in [0.15, 0.2) is 24.3 Å². The lowest BCUT2D eigenvalue weighted by atomic mass is 10.1. The van der Waals surface area contributed by atoms with Crippen LogP contribution in [-0.2, 0) is 0 Å². The maximum atomic E-state index is 10.7. The fraction of sp³-hybridized carbons (Fsp3) is 0.571. The molecule has 1 saturated carbocycles. The van der Waals surface area contributed by atoms with Gasteiger partial charge in [0.1, 0.15) is 0 Å². The van der Waals surface area contributed by atoms with Gasteiger partial charge in [-0.25, -0.2) is 0 Å². The molecule has 0 amide bonds. The Balaban J connectivity index is 1.94. The van der Waals surface area contributed by atoms with Gasteiger partial charge in [-0.1, -0.05) is 26.0 Å². The Kier molecular flexibility index (Phi) is 3.39. The van der Waals surface area contributed by atoms with E-state index in [9.17, 15) is 10.1 Å². The average Bonchev–Trinajstić information content (AvgIpc) is 2.94. The van der Waals surface area contributed by atoms with E-state index in [1.54, 1.807) is 12.1 Å². The first kappa shape index (κ1) is 13.0. The lowest BCUT2D eigenvalue weighted by Gasteiger charge is -2.14. The maximum Gasteiger partial charge on any atom is 0.269 e. The van der Waals surface area contributed by atoms with Gasteiger partial charge in [-0.05, 0) is 36.8 Å². The van der Waals surface area contributed by atoms with E-state index in [4.69, 9.17) is 0 Å². The third-order valence-corrected chi connectivity index (χ3v) is 3.97. The Bertz CT molecular complexity index is 457. The molecular weight excluding hydrogens is 228 g/mol.